The Labute approximate surface area is 164 Å². The van der Waals surface area contributed by atoms with E-state index in [1.54, 1.807) is 0 Å². The summed E-state index contributed by atoms with van der Waals surface area (Å²) in [5.74, 6) is 0.948. The van der Waals surface area contributed by atoms with Crippen molar-refractivity contribution in [3.63, 3.8) is 0 Å². The average Bonchev–Trinajstić information content (AvgIpc) is 3.47. The lowest BCUT2D eigenvalue weighted by Crippen LogP contribution is -2.01. The van der Waals surface area contributed by atoms with Gasteiger partial charge in [0.25, 0.3) is 0 Å². The second-order valence-corrected chi connectivity index (χ2v) is 7.31. The van der Waals surface area contributed by atoms with E-state index >= 15 is 0 Å². The minimum atomic E-state index is 0.468. The highest BCUT2D eigenvalue weighted by atomic mass is 35.5. The number of aromatic nitrogens is 2. The summed E-state index contributed by atoms with van der Waals surface area (Å²) in [5, 5.41) is 0.468. The zero-order chi connectivity index (χ0) is 18.8. The van der Waals surface area contributed by atoms with E-state index in [0.717, 1.165) is 41.0 Å². The quantitative estimate of drug-likeness (QED) is 0.518. The number of hydrogen-bond donors (Lipinski definition) is 0. The molecule has 1 saturated carbocycles. The van der Waals surface area contributed by atoms with Crippen molar-refractivity contribution in [2.45, 2.75) is 33.3 Å². The Hall–Kier alpha value is -2.65. The van der Waals surface area contributed by atoms with E-state index in [9.17, 15) is 0 Å². The molecule has 1 aliphatic rings. The van der Waals surface area contributed by atoms with Crippen LogP contribution in [-0.2, 0) is 6.61 Å². The van der Waals surface area contributed by atoms with Crippen LogP contribution in [0.25, 0.3) is 5.57 Å². The molecule has 3 aromatic rings. The van der Waals surface area contributed by atoms with E-state index in [1.165, 1.54) is 23.0 Å². The zero-order valence-corrected chi connectivity index (χ0v) is 16.3. The van der Waals surface area contributed by atoms with Gasteiger partial charge >= 0.3 is 0 Å². The van der Waals surface area contributed by atoms with Gasteiger partial charge in [0.1, 0.15) is 23.8 Å². The number of hydrogen-bond acceptors (Lipinski definition) is 3. The third-order valence-electron chi connectivity index (χ3n) is 4.72. The highest BCUT2D eigenvalue weighted by molar-refractivity contribution is 6.29. The molecule has 0 unspecified atom stereocenters. The van der Waals surface area contributed by atoms with Gasteiger partial charge in [0.2, 0.25) is 0 Å². The van der Waals surface area contributed by atoms with Gasteiger partial charge < -0.3 is 4.74 Å². The molecular weight excluding hydrogens is 356 g/mol. The van der Waals surface area contributed by atoms with Gasteiger partial charge in [-0.05, 0) is 61.1 Å². The Morgan fingerprint density at radius 1 is 1.00 bits per heavy atom. The second-order valence-electron chi connectivity index (χ2n) is 6.92. The van der Waals surface area contributed by atoms with Gasteiger partial charge in [-0.25, -0.2) is 9.97 Å². The summed E-state index contributed by atoms with van der Waals surface area (Å²) in [6.45, 7) is 4.76. The molecule has 2 aromatic carbocycles. The van der Waals surface area contributed by atoms with Crippen molar-refractivity contribution in [2.75, 3.05) is 0 Å². The number of halogens is 1. The van der Waals surface area contributed by atoms with E-state index in [-0.39, 0.29) is 0 Å². The molecule has 0 N–H and O–H groups in total. The van der Waals surface area contributed by atoms with Crippen LogP contribution in [0.1, 0.15) is 40.8 Å². The van der Waals surface area contributed by atoms with Crippen LogP contribution >= 0.6 is 11.6 Å². The molecule has 1 aliphatic carbocycles. The Kier molecular flexibility index (Phi) is 4.95. The summed E-state index contributed by atoms with van der Waals surface area (Å²) in [4.78, 5) is 8.46. The first kappa shape index (κ1) is 17.7. The number of aryl methyl sites for hydroxylation is 2. The summed E-state index contributed by atoms with van der Waals surface area (Å²) in [7, 11) is 0. The third kappa shape index (κ3) is 4.04. The fourth-order valence-electron chi connectivity index (χ4n) is 3.37. The van der Waals surface area contributed by atoms with Crippen molar-refractivity contribution in [2.24, 2.45) is 0 Å². The molecular formula is C23H21ClN2O. The predicted molar refractivity (Wildman–Crippen MR) is 109 cm³/mol. The molecule has 1 aromatic heterocycles. The second kappa shape index (κ2) is 7.53. The molecule has 0 saturated heterocycles. The van der Waals surface area contributed by atoms with Crippen LogP contribution in [0.3, 0.4) is 0 Å². The lowest BCUT2D eigenvalue weighted by atomic mass is 9.96. The number of rotatable bonds is 5. The van der Waals surface area contributed by atoms with Gasteiger partial charge in [-0.1, -0.05) is 47.5 Å². The SMILES string of the molecule is Cc1cc(C(=C2CC2)c2cc(Cl)ncn2)cc(C)c1OCc1ccccc1. The van der Waals surface area contributed by atoms with Gasteiger partial charge in [-0.3, -0.25) is 0 Å². The van der Waals surface area contributed by atoms with Crippen LogP contribution in [0.4, 0.5) is 0 Å². The lowest BCUT2D eigenvalue weighted by Gasteiger charge is -2.16. The van der Waals surface area contributed by atoms with E-state index in [1.807, 2.05) is 24.3 Å². The highest BCUT2D eigenvalue weighted by Gasteiger charge is 2.22. The van der Waals surface area contributed by atoms with Gasteiger partial charge in [0.05, 0.1) is 5.69 Å². The van der Waals surface area contributed by atoms with Crippen LogP contribution in [-0.4, -0.2) is 9.97 Å². The summed E-state index contributed by atoms with van der Waals surface area (Å²) in [6.07, 6.45) is 3.75. The molecule has 3 nitrogen and oxygen atoms in total. The van der Waals surface area contributed by atoms with Crippen LogP contribution in [0.15, 0.2) is 60.4 Å². The Balaban J connectivity index is 1.66. The summed E-state index contributed by atoms with van der Waals surface area (Å²) in [6, 6.07) is 16.4. The smallest absolute Gasteiger partial charge is 0.133 e. The minimum Gasteiger partial charge on any atom is -0.488 e. The molecule has 0 bridgehead atoms. The van der Waals surface area contributed by atoms with Crippen molar-refractivity contribution < 1.29 is 4.74 Å². The molecule has 0 spiro atoms. The zero-order valence-electron chi connectivity index (χ0n) is 15.5. The average molecular weight is 377 g/mol. The van der Waals surface area contributed by atoms with Crippen LogP contribution < -0.4 is 4.74 Å². The summed E-state index contributed by atoms with van der Waals surface area (Å²) in [5.41, 5.74) is 8.07. The van der Waals surface area contributed by atoms with Crippen molar-refractivity contribution in [1.29, 1.82) is 0 Å². The van der Waals surface area contributed by atoms with E-state index < -0.39 is 0 Å². The van der Waals surface area contributed by atoms with Gasteiger partial charge in [0, 0.05) is 11.6 Å². The first-order valence-corrected chi connectivity index (χ1v) is 9.48. The normalized spacial score (nSPS) is 12.8. The molecule has 27 heavy (non-hydrogen) atoms. The maximum absolute atomic E-state index is 6.13. The molecule has 4 rings (SSSR count). The van der Waals surface area contributed by atoms with Crippen molar-refractivity contribution in [1.82, 2.24) is 9.97 Å². The van der Waals surface area contributed by atoms with Crippen LogP contribution in [0, 0.1) is 13.8 Å². The molecule has 0 atom stereocenters. The van der Waals surface area contributed by atoms with Crippen molar-refractivity contribution in [3.8, 4) is 5.75 Å². The molecule has 0 aliphatic heterocycles. The number of allylic oxidation sites excluding steroid dienone is 1. The monoisotopic (exact) mass is 376 g/mol. The lowest BCUT2D eigenvalue weighted by molar-refractivity contribution is 0.302. The van der Waals surface area contributed by atoms with Gasteiger partial charge in [-0.2, -0.15) is 0 Å². The largest absolute Gasteiger partial charge is 0.488 e. The van der Waals surface area contributed by atoms with Crippen molar-refractivity contribution in [3.05, 3.63) is 93.5 Å². The fraction of sp³-hybridized carbons (Fsp3) is 0.217. The first-order chi connectivity index (χ1) is 13.1. The number of nitrogens with zero attached hydrogens (tertiary/aromatic N) is 2. The Bertz CT molecular complexity index is 983. The van der Waals surface area contributed by atoms with Gasteiger partial charge in [0.15, 0.2) is 0 Å². The highest BCUT2D eigenvalue weighted by Crippen LogP contribution is 2.41. The molecule has 1 heterocycles. The molecule has 0 amide bonds. The van der Waals surface area contributed by atoms with E-state index in [2.05, 4.69) is 48.1 Å². The minimum absolute atomic E-state index is 0.468. The maximum Gasteiger partial charge on any atom is 0.133 e. The van der Waals surface area contributed by atoms with E-state index in [0.29, 0.717) is 11.8 Å². The topological polar surface area (TPSA) is 35.0 Å². The number of benzene rings is 2. The Morgan fingerprint density at radius 3 is 2.33 bits per heavy atom. The standard InChI is InChI=1S/C23H21ClN2O/c1-15-10-19(22(18-8-9-18)20-12-21(24)26-14-25-20)11-16(2)23(15)27-13-17-6-4-3-5-7-17/h3-7,10-12,14H,8-9,13H2,1-2H3. The Morgan fingerprint density at radius 2 is 1.70 bits per heavy atom. The first-order valence-electron chi connectivity index (χ1n) is 9.10. The van der Waals surface area contributed by atoms with E-state index in [4.69, 9.17) is 16.3 Å². The molecule has 4 heteroatoms. The summed E-state index contributed by atoms with van der Waals surface area (Å²) < 4.78 is 6.13. The summed E-state index contributed by atoms with van der Waals surface area (Å²) >= 11 is 6.10. The maximum atomic E-state index is 6.13. The van der Waals surface area contributed by atoms with Crippen LogP contribution in [0.5, 0.6) is 5.75 Å². The van der Waals surface area contributed by atoms with Gasteiger partial charge in [-0.15, -0.1) is 0 Å². The molecule has 0 radical (unpaired) electrons. The fourth-order valence-corrected chi connectivity index (χ4v) is 3.51. The molecule has 136 valence electrons. The molecule has 1 fully saturated rings. The third-order valence-corrected chi connectivity index (χ3v) is 4.93. The predicted octanol–water partition coefficient (Wildman–Crippen LogP) is 5.92. The van der Waals surface area contributed by atoms with Crippen molar-refractivity contribution >= 4 is 17.2 Å². The number of ether oxygens (including phenoxy) is 1. The van der Waals surface area contributed by atoms with Crippen LogP contribution in [0.2, 0.25) is 5.15 Å².